The fourth-order valence-corrected chi connectivity index (χ4v) is 4.52. The molecule has 2 aliphatic carbocycles. The van der Waals surface area contributed by atoms with Crippen molar-refractivity contribution < 1.29 is 9.84 Å². The maximum atomic E-state index is 10.4. The molecule has 2 heteroatoms. The molecule has 0 aromatic heterocycles. The first kappa shape index (κ1) is 14.6. The lowest BCUT2D eigenvalue weighted by Gasteiger charge is -2.51. The molecule has 2 aliphatic rings. The normalized spacial score (nSPS) is 30.2. The molecule has 1 aromatic rings. The second-order valence-electron chi connectivity index (χ2n) is 7.35. The molecule has 0 radical (unpaired) electrons. The lowest BCUT2D eigenvalue weighted by molar-refractivity contribution is 0.0285. The van der Waals surface area contributed by atoms with Gasteiger partial charge in [-0.25, -0.2) is 0 Å². The molecular weight excluding hydrogens is 260 g/mol. The Bertz CT molecular complexity index is 612. The van der Waals surface area contributed by atoms with Gasteiger partial charge in [0.15, 0.2) is 0 Å². The standard InChI is InChI=1S/C19H26O2/c1-12-13-6-9-16-18(2,3)17(20)10-11-19(16,4)14(13)7-8-15(12)21-5/h7-9,17,20H,6,10-11H2,1-5H3. The van der Waals surface area contributed by atoms with Crippen molar-refractivity contribution in [1.29, 1.82) is 0 Å². The van der Waals surface area contributed by atoms with Gasteiger partial charge in [0, 0.05) is 10.8 Å². The van der Waals surface area contributed by atoms with E-state index in [2.05, 4.69) is 45.9 Å². The molecule has 21 heavy (non-hydrogen) atoms. The molecular formula is C19H26O2. The number of hydrogen-bond acceptors (Lipinski definition) is 2. The number of rotatable bonds is 1. The molecule has 1 saturated carbocycles. The molecule has 3 rings (SSSR count). The maximum absolute atomic E-state index is 10.4. The monoisotopic (exact) mass is 286 g/mol. The summed E-state index contributed by atoms with van der Waals surface area (Å²) in [4.78, 5) is 0. The fraction of sp³-hybridized carbons (Fsp3) is 0.579. The van der Waals surface area contributed by atoms with E-state index in [0.717, 1.165) is 25.0 Å². The topological polar surface area (TPSA) is 29.5 Å². The van der Waals surface area contributed by atoms with E-state index >= 15 is 0 Å². The van der Waals surface area contributed by atoms with E-state index in [4.69, 9.17) is 4.74 Å². The quantitative estimate of drug-likeness (QED) is 0.793. The van der Waals surface area contributed by atoms with Crippen LogP contribution in [0.15, 0.2) is 23.8 Å². The minimum absolute atomic E-state index is 0.0490. The van der Waals surface area contributed by atoms with Crippen molar-refractivity contribution in [3.63, 3.8) is 0 Å². The Morgan fingerprint density at radius 2 is 1.95 bits per heavy atom. The van der Waals surface area contributed by atoms with Gasteiger partial charge in [-0.05, 0) is 48.9 Å². The van der Waals surface area contributed by atoms with Gasteiger partial charge in [-0.3, -0.25) is 0 Å². The molecule has 2 nitrogen and oxygen atoms in total. The summed E-state index contributed by atoms with van der Waals surface area (Å²) in [5.41, 5.74) is 5.42. The van der Waals surface area contributed by atoms with Gasteiger partial charge in [0.25, 0.3) is 0 Å². The summed E-state index contributed by atoms with van der Waals surface area (Å²) < 4.78 is 5.48. The van der Waals surface area contributed by atoms with Gasteiger partial charge in [0.2, 0.25) is 0 Å². The minimum atomic E-state index is -0.238. The Kier molecular flexibility index (Phi) is 3.21. The number of aliphatic hydroxyl groups excluding tert-OH is 1. The van der Waals surface area contributed by atoms with Crippen molar-refractivity contribution in [3.05, 3.63) is 40.5 Å². The molecule has 0 bridgehead atoms. The maximum Gasteiger partial charge on any atom is 0.122 e. The van der Waals surface area contributed by atoms with E-state index in [1.165, 1.54) is 22.3 Å². The van der Waals surface area contributed by atoms with E-state index in [9.17, 15) is 5.11 Å². The Hall–Kier alpha value is -1.28. The van der Waals surface area contributed by atoms with Crippen LogP contribution in [-0.4, -0.2) is 18.3 Å². The van der Waals surface area contributed by atoms with Gasteiger partial charge in [0.1, 0.15) is 5.75 Å². The summed E-state index contributed by atoms with van der Waals surface area (Å²) in [5.74, 6) is 0.976. The van der Waals surface area contributed by atoms with Gasteiger partial charge >= 0.3 is 0 Å². The summed E-state index contributed by atoms with van der Waals surface area (Å²) in [6.45, 7) is 8.86. The van der Waals surface area contributed by atoms with Crippen molar-refractivity contribution in [3.8, 4) is 5.75 Å². The number of methoxy groups -OCH3 is 1. The smallest absolute Gasteiger partial charge is 0.122 e. The Balaban J connectivity index is 2.18. The molecule has 1 aromatic carbocycles. The molecule has 0 aliphatic heterocycles. The molecule has 2 unspecified atom stereocenters. The van der Waals surface area contributed by atoms with Crippen LogP contribution in [0.3, 0.4) is 0 Å². The summed E-state index contributed by atoms with van der Waals surface area (Å²) in [7, 11) is 1.74. The van der Waals surface area contributed by atoms with Crippen LogP contribution in [0.1, 0.15) is 50.3 Å². The van der Waals surface area contributed by atoms with Crippen LogP contribution >= 0.6 is 0 Å². The molecule has 114 valence electrons. The van der Waals surface area contributed by atoms with Gasteiger partial charge < -0.3 is 9.84 Å². The third-order valence-electron chi connectivity index (χ3n) is 5.91. The largest absolute Gasteiger partial charge is 0.496 e. The van der Waals surface area contributed by atoms with Crippen LogP contribution in [0.4, 0.5) is 0 Å². The van der Waals surface area contributed by atoms with Crippen molar-refractivity contribution in [2.75, 3.05) is 7.11 Å². The average Bonchev–Trinajstić information content (AvgIpc) is 2.44. The molecule has 1 N–H and O–H groups in total. The van der Waals surface area contributed by atoms with E-state index in [-0.39, 0.29) is 16.9 Å². The predicted molar refractivity (Wildman–Crippen MR) is 85.9 cm³/mol. The van der Waals surface area contributed by atoms with Crippen LogP contribution in [0.5, 0.6) is 5.75 Å². The minimum Gasteiger partial charge on any atom is -0.496 e. The summed E-state index contributed by atoms with van der Waals surface area (Å²) in [6, 6.07) is 4.34. The van der Waals surface area contributed by atoms with Crippen molar-refractivity contribution in [2.45, 2.75) is 58.5 Å². The summed E-state index contributed by atoms with van der Waals surface area (Å²) in [6.07, 6.45) is 4.95. The molecule has 1 fully saturated rings. The Labute approximate surface area is 127 Å². The van der Waals surface area contributed by atoms with E-state index in [1.807, 2.05) is 0 Å². The molecule has 0 spiro atoms. The highest BCUT2D eigenvalue weighted by molar-refractivity contribution is 5.55. The average molecular weight is 286 g/mol. The highest BCUT2D eigenvalue weighted by Gasteiger charge is 2.49. The SMILES string of the molecule is COc1ccc2c(c1C)CC=C1C2(C)CCC(O)C1(C)C. The first-order chi connectivity index (χ1) is 9.82. The predicted octanol–water partition coefficient (Wildman–Crippen LogP) is 3.92. The van der Waals surface area contributed by atoms with Crippen molar-refractivity contribution in [2.24, 2.45) is 5.41 Å². The molecule has 0 amide bonds. The molecule has 0 saturated heterocycles. The zero-order valence-electron chi connectivity index (χ0n) is 13.8. The number of benzene rings is 1. The second kappa shape index (κ2) is 4.61. The van der Waals surface area contributed by atoms with E-state index < -0.39 is 0 Å². The number of aliphatic hydroxyl groups is 1. The number of hydrogen-bond donors (Lipinski definition) is 1. The van der Waals surface area contributed by atoms with Crippen molar-refractivity contribution in [1.82, 2.24) is 0 Å². The summed E-state index contributed by atoms with van der Waals surface area (Å²) >= 11 is 0. The third-order valence-corrected chi connectivity index (χ3v) is 5.91. The molecule has 2 atom stereocenters. The van der Waals surface area contributed by atoms with Gasteiger partial charge in [0.05, 0.1) is 13.2 Å². The lowest BCUT2D eigenvalue weighted by atomic mass is 9.54. The van der Waals surface area contributed by atoms with Crippen LogP contribution in [0.2, 0.25) is 0 Å². The van der Waals surface area contributed by atoms with Gasteiger partial charge in [-0.2, -0.15) is 0 Å². The Morgan fingerprint density at radius 1 is 1.24 bits per heavy atom. The number of ether oxygens (including phenoxy) is 1. The highest BCUT2D eigenvalue weighted by Crippen LogP contribution is 2.55. The third kappa shape index (κ3) is 1.88. The van der Waals surface area contributed by atoms with Gasteiger partial charge in [-0.15, -0.1) is 0 Å². The van der Waals surface area contributed by atoms with Crippen LogP contribution in [-0.2, 0) is 11.8 Å². The first-order valence-electron chi connectivity index (χ1n) is 7.88. The Morgan fingerprint density at radius 3 is 2.62 bits per heavy atom. The summed E-state index contributed by atoms with van der Waals surface area (Å²) in [5, 5.41) is 10.4. The zero-order valence-corrected chi connectivity index (χ0v) is 13.8. The van der Waals surface area contributed by atoms with Crippen molar-refractivity contribution >= 4 is 0 Å². The zero-order chi connectivity index (χ0) is 15.4. The van der Waals surface area contributed by atoms with Crippen LogP contribution in [0, 0.1) is 12.3 Å². The molecule has 0 heterocycles. The second-order valence-corrected chi connectivity index (χ2v) is 7.35. The van der Waals surface area contributed by atoms with Crippen LogP contribution in [0.25, 0.3) is 0 Å². The van der Waals surface area contributed by atoms with E-state index in [1.54, 1.807) is 7.11 Å². The highest BCUT2D eigenvalue weighted by atomic mass is 16.5. The van der Waals surface area contributed by atoms with E-state index in [0.29, 0.717) is 0 Å². The number of fused-ring (bicyclic) bond motifs is 3. The first-order valence-corrected chi connectivity index (χ1v) is 7.88. The fourth-order valence-electron chi connectivity index (χ4n) is 4.52. The number of allylic oxidation sites excluding steroid dienone is 1. The van der Waals surface area contributed by atoms with Crippen LogP contribution < -0.4 is 4.74 Å². The van der Waals surface area contributed by atoms with Gasteiger partial charge in [-0.1, -0.05) is 38.5 Å². The lowest BCUT2D eigenvalue weighted by Crippen LogP contribution is -2.47.